The number of hydrogen-bond donors (Lipinski definition) is 1. The van der Waals surface area contributed by atoms with Crippen LogP contribution in [-0.4, -0.2) is 64.1 Å². The van der Waals surface area contributed by atoms with E-state index in [0.29, 0.717) is 5.92 Å². The van der Waals surface area contributed by atoms with E-state index in [9.17, 15) is 0 Å². The molecular formula is C17H38N2O2. The van der Waals surface area contributed by atoms with Crippen molar-refractivity contribution >= 4 is 0 Å². The molecule has 0 aromatic carbocycles. The van der Waals surface area contributed by atoms with Gasteiger partial charge >= 0.3 is 0 Å². The first-order valence-corrected chi connectivity index (χ1v) is 8.49. The third-order valence-corrected chi connectivity index (χ3v) is 3.32. The Morgan fingerprint density at radius 3 is 1.95 bits per heavy atom. The van der Waals surface area contributed by atoms with Crippen LogP contribution >= 0.6 is 0 Å². The monoisotopic (exact) mass is 302 g/mol. The van der Waals surface area contributed by atoms with Crippen LogP contribution in [-0.2, 0) is 9.47 Å². The van der Waals surface area contributed by atoms with Crippen molar-refractivity contribution in [2.45, 2.75) is 41.5 Å². The lowest BCUT2D eigenvalue weighted by Gasteiger charge is -2.33. The van der Waals surface area contributed by atoms with Gasteiger partial charge in [-0.3, -0.25) is 4.90 Å². The van der Waals surface area contributed by atoms with Crippen molar-refractivity contribution < 1.29 is 9.47 Å². The molecule has 4 nitrogen and oxygen atoms in total. The zero-order valence-electron chi connectivity index (χ0n) is 15.2. The maximum absolute atomic E-state index is 5.50. The fourth-order valence-corrected chi connectivity index (χ4v) is 2.31. The topological polar surface area (TPSA) is 33.7 Å². The first-order chi connectivity index (χ1) is 9.91. The third-order valence-electron chi connectivity index (χ3n) is 3.32. The van der Waals surface area contributed by atoms with E-state index in [2.05, 4.69) is 37.9 Å². The fourth-order valence-electron chi connectivity index (χ4n) is 2.31. The van der Waals surface area contributed by atoms with Gasteiger partial charge in [0.05, 0.1) is 13.2 Å². The zero-order chi connectivity index (χ0) is 16.1. The highest BCUT2D eigenvalue weighted by Gasteiger charge is 2.21. The smallest absolute Gasteiger partial charge is 0.0593 e. The molecule has 0 aliphatic heterocycles. The van der Waals surface area contributed by atoms with E-state index in [4.69, 9.17) is 9.47 Å². The average molecular weight is 303 g/mol. The van der Waals surface area contributed by atoms with Gasteiger partial charge in [-0.1, -0.05) is 27.7 Å². The van der Waals surface area contributed by atoms with Gasteiger partial charge in [-0.25, -0.2) is 0 Å². The minimum Gasteiger partial charge on any atom is -0.380 e. The van der Waals surface area contributed by atoms with Crippen molar-refractivity contribution in [2.75, 3.05) is 59.2 Å². The van der Waals surface area contributed by atoms with Crippen molar-refractivity contribution in [3.05, 3.63) is 0 Å². The molecule has 0 atom stereocenters. The van der Waals surface area contributed by atoms with Crippen LogP contribution in [0.25, 0.3) is 0 Å². The minimum absolute atomic E-state index is 0.257. The van der Waals surface area contributed by atoms with Gasteiger partial charge in [0, 0.05) is 39.4 Å². The molecular weight excluding hydrogens is 264 g/mol. The zero-order valence-corrected chi connectivity index (χ0v) is 15.2. The summed E-state index contributed by atoms with van der Waals surface area (Å²) in [5.74, 6) is 0.702. The quantitative estimate of drug-likeness (QED) is 0.500. The molecule has 0 heterocycles. The summed E-state index contributed by atoms with van der Waals surface area (Å²) >= 11 is 0. The molecule has 0 bridgehead atoms. The molecule has 0 aliphatic carbocycles. The van der Waals surface area contributed by atoms with E-state index in [1.165, 1.54) is 0 Å². The molecule has 1 N–H and O–H groups in total. The van der Waals surface area contributed by atoms with Crippen LogP contribution in [0.1, 0.15) is 41.5 Å². The summed E-state index contributed by atoms with van der Waals surface area (Å²) in [6, 6.07) is 0. The van der Waals surface area contributed by atoms with Crippen molar-refractivity contribution in [3.8, 4) is 0 Å². The summed E-state index contributed by atoms with van der Waals surface area (Å²) in [5.41, 5.74) is 0.257. The first-order valence-electron chi connectivity index (χ1n) is 8.49. The van der Waals surface area contributed by atoms with Gasteiger partial charge < -0.3 is 14.8 Å². The number of ether oxygens (including phenoxy) is 2. The van der Waals surface area contributed by atoms with Crippen LogP contribution in [0, 0.1) is 11.3 Å². The molecule has 0 saturated carbocycles. The van der Waals surface area contributed by atoms with Crippen LogP contribution in [0.5, 0.6) is 0 Å². The molecule has 0 radical (unpaired) electrons. The normalized spacial score (nSPS) is 12.6. The molecule has 0 fully saturated rings. The molecule has 0 amide bonds. The highest BCUT2D eigenvalue weighted by molar-refractivity contribution is 4.77. The van der Waals surface area contributed by atoms with Gasteiger partial charge in [0.2, 0.25) is 0 Å². The fraction of sp³-hybridized carbons (Fsp3) is 1.00. The Morgan fingerprint density at radius 1 is 1.00 bits per heavy atom. The highest BCUT2D eigenvalue weighted by Crippen LogP contribution is 2.16. The lowest BCUT2D eigenvalue weighted by Crippen LogP contribution is -2.43. The van der Waals surface area contributed by atoms with E-state index < -0.39 is 0 Å². The maximum atomic E-state index is 5.50. The summed E-state index contributed by atoms with van der Waals surface area (Å²) in [6.07, 6.45) is 0. The van der Waals surface area contributed by atoms with Crippen LogP contribution in [0.2, 0.25) is 0 Å². The predicted molar refractivity (Wildman–Crippen MR) is 90.9 cm³/mol. The average Bonchev–Trinajstić information content (AvgIpc) is 2.38. The van der Waals surface area contributed by atoms with Crippen LogP contribution in [0.15, 0.2) is 0 Å². The van der Waals surface area contributed by atoms with E-state index in [1.54, 1.807) is 0 Å². The molecule has 128 valence electrons. The molecule has 0 aromatic rings. The van der Waals surface area contributed by atoms with Crippen LogP contribution in [0.4, 0.5) is 0 Å². The molecule has 21 heavy (non-hydrogen) atoms. The predicted octanol–water partition coefficient (Wildman–Crippen LogP) is 2.63. The maximum Gasteiger partial charge on any atom is 0.0593 e. The summed E-state index contributed by atoms with van der Waals surface area (Å²) in [4.78, 5) is 2.46. The van der Waals surface area contributed by atoms with Crippen LogP contribution < -0.4 is 5.32 Å². The van der Waals surface area contributed by atoms with Gasteiger partial charge in [-0.2, -0.15) is 0 Å². The van der Waals surface area contributed by atoms with E-state index in [0.717, 1.165) is 59.2 Å². The summed E-state index contributed by atoms with van der Waals surface area (Å²) in [6.45, 7) is 21.6. The third kappa shape index (κ3) is 13.2. The lowest BCUT2D eigenvalue weighted by molar-refractivity contribution is 0.0649. The summed E-state index contributed by atoms with van der Waals surface area (Å²) in [5, 5.41) is 3.58. The number of nitrogens with zero attached hydrogens (tertiary/aromatic N) is 1. The Bertz CT molecular complexity index is 223. The van der Waals surface area contributed by atoms with Gasteiger partial charge in [0.1, 0.15) is 0 Å². The SMILES string of the molecule is CCOCCN(CCOCC)CC(C)(C)CNCC(C)C. The lowest BCUT2D eigenvalue weighted by atomic mass is 9.92. The van der Waals surface area contributed by atoms with Crippen molar-refractivity contribution in [2.24, 2.45) is 11.3 Å². The molecule has 4 heteroatoms. The minimum atomic E-state index is 0.257. The molecule has 0 rings (SSSR count). The number of rotatable bonds is 14. The Hall–Kier alpha value is -0.160. The van der Waals surface area contributed by atoms with E-state index in [-0.39, 0.29) is 5.41 Å². The van der Waals surface area contributed by atoms with Gasteiger partial charge in [-0.15, -0.1) is 0 Å². The number of hydrogen-bond acceptors (Lipinski definition) is 4. The second-order valence-electron chi connectivity index (χ2n) is 6.86. The van der Waals surface area contributed by atoms with Crippen molar-refractivity contribution in [1.29, 1.82) is 0 Å². The number of nitrogens with one attached hydrogen (secondary N) is 1. The second kappa shape index (κ2) is 12.4. The van der Waals surface area contributed by atoms with Gasteiger partial charge in [0.25, 0.3) is 0 Å². The molecule has 0 spiro atoms. The Labute approximate surface area is 132 Å². The first kappa shape index (κ1) is 20.8. The van der Waals surface area contributed by atoms with E-state index in [1.807, 2.05) is 13.8 Å². The molecule has 0 unspecified atom stereocenters. The molecule has 0 aromatic heterocycles. The Morgan fingerprint density at radius 2 is 1.52 bits per heavy atom. The second-order valence-corrected chi connectivity index (χ2v) is 6.86. The molecule has 0 saturated heterocycles. The van der Waals surface area contributed by atoms with Gasteiger partial charge in [0.15, 0.2) is 0 Å². The summed E-state index contributed by atoms with van der Waals surface area (Å²) < 4.78 is 11.0. The summed E-state index contributed by atoms with van der Waals surface area (Å²) in [7, 11) is 0. The standard InChI is InChI=1S/C17H38N2O2/c1-7-20-11-9-19(10-12-21-8-2)15-17(5,6)14-18-13-16(3)4/h16,18H,7-15H2,1-6H3. The van der Waals surface area contributed by atoms with Crippen molar-refractivity contribution in [3.63, 3.8) is 0 Å². The van der Waals surface area contributed by atoms with Crippen molar-refractivity contribution in [1.82, 2.24) is 10.2 Å². The molecule has 0 aliphatic rings. The van der Waals surface area contributed by atoms with Gasteiger partial charge in [-0.05, 0) is 31.7 Å². The van der Waals surface area contributed by atoms with Crippen LogP contribution in [0.3, 0.4) is 0 Å². The Kier molecular flexibility index (Phi) is 12.3. The highest BCUT2D eigenvalue weighted by atomic mass is 16.5. The largest absolute Gasteiger partial charge is 0.380 e. The van der Waals surface area contributed by atoms with E-state index >= 15 is 0 Å². The Balaban J connectivity index is 4.18.